The Hall–Kier alpha value is -3.75. The summed E-state index contributed by atoms with van der Waals surface area (Å²) in [6.07, 6.45) is 1.32. The van der Waals surface area contributed by atoms with Crippen LogP contribution in [0.3, 0.4) is 0 Å². The van der Waals surface area contributed by atoms with Gasteiger partial charge in [0.1, 0.15) is 11.4 Å². The number of methoxy groups -OCH3 is 1. The highest BCUT2D eigenvalue weighted by Crippen LogP contribution is 2.34. The standard InChI is InChI=1S/C28H28N4O4/c1-19-25(21-6-4-3-5-7-21)26-29-23(27(33)31-14-12-28(13-15-31)35-16-17-36-28)18-24(32(26)30-19)20-8-10-22(34-2)11-9-20/h3-11,18H,12-17H2,1-2H3. The van der Waals surface area contributed by atoms with Gasteiger partial charge in [0, 0.05) is 37.1 Å². The van der Waals surface area contributed by atoms with Crippen molar-refractivity contribution in [3.63, 3.8) is 0 Å². The molecular weight excluding hydrogens is 456 g/mol. The number of hydrogen-bond donors (Lipinski definition) is 0. The monoisotopic (exact) mass is 484 g/mol. The minimum atomic E-state index is -0.536. The normalized spacial score (nSPS) is 17.1. The number of aryl methyl sites for hydroxylation is 1. The van der Waals surface area contributed by atoms with Crippen molar-refractivity contribution in [1.29, 1.82) is 0 Å². The number of benzene rings is 2. The number of fused-ring (bicyclic) bond motifs is 1. The molecule has 2 aromatic heterocycles. The first-order valence-corrected chi connectivity index (χ1v) is 12.2. The second kappa shape index (κ2) is 9.04. The van der Waals surface area contributed by atoms with E-state index in [1.165, 1.54) is 0 Å². The van der Waals surface area contributed by atoms with E-state index in [-0.39, 0.29) is 5.91 Å². The number of carbonyl (C=O) groups excluding carboxylic acids is 1. The predicted molar refractivity (Wildman–Crippen MR) is 135 cm³/mol. The van der Waals surface area contributed by atoms with Crippen LogP contribution in [0.4, 0.5) is 0 Å². The predicted octanol–water partition coefficient (Wildman–Crippen LogP) is 4.36. The molecule has 2 aliphatic rings. The van der Waals surface area contributed by atoms with E-state index in [9.17, 15) is 4.79 Å². The van der Waals surface area contributed by atoms with Gasteiger partial charge in [-0.3, -0.25) is 4.79 Å². The smallest absolute Gasteiger partial charge is 0.272 e. The summed E-state index contributed by atoms with van der Waals surface area (Å²) >= 11 is 0. The van der Waals surface area contributed by atoms with E-state index >= 15 is 0 Å². The third-order valence-corrected chi connectivity index (χ3v) is 7.06. The fourth-order valence-corrected chi connectivity index (χ4v) is 5.14. The molecule has 0 N–H and O–H groups in total. The van der Waals surface area contributed by atoms with Crippen LogP contribution in [-0.4, -0.2) is 64.6 Å². The van der Waals surface area contributed by atoms with E-state index in [0.29, 0.717) is 50.5 Å². The number of ether oxygens (including phenoxy) is 3. The summed E-state index contributed by atoms with van der Waals surface area (Å²) in [5, 5.41) is 4.83. The lowest BCUT2D eigenvalue weighted by atomic mass is 10.0. The van der Waals surface area contributed by atoms with Crippen LogP contribution in [0.25, 0.3) is 28.0 Å². The molecule has 2 fully saturated rings. The summed E-state index contributed by atoms with van der Waals surface area (Å²) < 4.78 is 18.9. The van der Waals surface area contributed by atoms with Gasteiger partial charge in [0.05, 0.1) is 31.7 Å². The zero-order valence-corrected chi connectivity index (χ0v) is 20.4. The molecule has 8 nitrogen and oxygen atoms in total. The van der Waals surface area contributed by atoms with Crippen molar-refractivity contribution in [1.82, 2.24) is 19.5 Å². The summed E-state index contributed by atoms with van der Waals surface area (Å²) in [5.74, 6) is 0.129. The Bertz CT molecular complexity index is 1400. The number of amides is 1. The molecule has 2 saturated heterocycles. The Morgan fingerprint density at radius 3 is 2.33 bits per heavy atom. The van der Waals surface area contributed by atoms with Crippen molar-refractivity contribution < 1.29 is 19.0 Å². The van der Waals surface area contributed by atoms with E-state index in [0.717, 1.165) is 33.8 Å². The summed E-state index contributed by atoms with van der Waals surface area (Å²) in [7, 11) is 1.64. The second-order valence-electron chi connectivity index (χ2n) is 9.22. The van der Waals surface area contributed by atoms with Crippen LogP contribution < -0.4 is 4.74 Å². The molecule has 0 aliphatic carbocycles. The number of rotatable bonds is 4. The van der Waals surface area contributed by atoms with Crippen LogP contribution in [0.2, 0.25) is 0 Å². The number of aromatic nitrogens is 3. The van der Waals surface area contributed by atoms with Crippen LogP contribution in [-0.2, 0) is 9.47 Å². The Labute approximate surface area is 209 Å². The fraction of sp³-hybridized carbons (Fsp3) is 0.321. The molecule has 0 atom stereocenters. The molecule has 4 aromatic rings. The third-order valence-electron chi connectivity index (χ3n) is 7.06. The molecule has 0 saturated carbocycles. The summed E-state index contributed by atoms with van der Waals surface area (Å²) in [4.78, 5) is 20.4. The second-order valence-corrected chi connectivity index (χ2v) is 9.22. The summed E-state index contributed by atoms with van der Waals surface area (Å²) in [5.41, 5.74) is 5.56. The van der Waals surface area contributed by atoms with E-state index in [1.54, 1.807) is 7.11 Å². The minimum Gasteiger partial charge on any atom is -0.497 e. The van der Waals surface area contributed by atoms with Gasteiger partial charge in [-0.1, -0.05) is 30.3 Å². The molecule has 6 rings (SSSR count). The first-order valence-electron chi connectivity index (χ1n) is 12.2. The van der Waals surface area contributed by atoms with Crippen molar-refractivity contribution in [3.05, 3.63) is 72.1 Å². The summed E-state index contributed by atoms with van der Waals surface area (Å²) in [6, 6.07) is 19.6. The average molecular weight is 485 g/mol. The lowest BCUT2D eigenvalue weighted by molar-refractivity contribution is -0.181. The molecular formula is C28H28N4O4. The third kappa shape index (κ3) is 3.92. The summed E-state index contributed by atoms with van der Waals surface area (Å²) in [6.45, 7) is 4.32. The first-order chi connectivity index (χ1) is 17.6. The maximum atomic E-state index is 13.7. The Morgan fingerprint density at radius 1 is 0.972 bits per heavy atom. The van der Waals surface area contributed by atoms with Crippen LogP contribution >= 0.6 is 0 Å². The molecule has 0 unspecified atom stereocenters. The van der Waals surface area contributed by atoms with Gasteiger partial charge in [0.25, 0.3) is 5.91 Å². The van der Waals surface area contributed by atoms with Gasteiger partial charge in [-0.05, 0) is 42.8 Å². The highest BCUT2D eigenvalue weighted by Gasteiger charge is 2.41. The van der Waals surface area contributed by atoms with Gasteiger partial charge in [-0.15, -0.1) is 0 Å². The Morgan fingerprint density at radius 2 is 1.67 bits per heavy atom. The van der Waals surface area contributed by atoms with Crippen LogP contribution in [0.15, 0.2) is 60.7 Å². The molecule has 0 bridgehead atoms. The van der Waals surface area contributed by atoms with Gasteiger partial charge in [-0.25, -0.2) is 9.50 Å². The van der Waals surface area contributed by atoms with Crippen molar-refractivity contribution in [2.75, 3.05) is 33.4 Å². The van der Waals surface area contributed by atoms with Crippen molar-refractivity contribution in [3.8, 4) is 28.1 Å². The molecule has 2 aromatic carbocycles. The number of nitrogens with zero attached hydrogens (tertiary/aromatic N) is 4. The van der Waals surface area contributed by atoms with Gasteiger partial charge in [-0.2, -0.15) is 5.10 Å². The zero-order chi connectivity index (χ0) is 24.7. The van der Waals surface area contributed by atoms with Crippen molar-refractivity contribution in [2.24, 2.45) is 0 Å². The lowest BCUT2D eigenvalue weighted by Gasteiger charge is -2.37. The Kier molecular flexibility index (Phi) is 5.70. The molecule has 184 valence electrons. The molecule has 36 heavy (non-hydrogen) atoms. The van der Waals surface area contributed by atoms with E-state index < -0.39 is 5.79 Å². The van der Waals surface area contributed by atoms with E-state index in [2.05, 4.69) is 0 Å². The van der Waals surface area contributed by atoms with E-state index in [4.69, 9.17) is 24.3 Å². The quantitative estimate of drug-likeness (QED) is 0.428. The number of piperidine rings is 1. The van der Waals surface area contributed by atoms with Gasteiger partial charge in [0.2, 0.25) is 0 Å². The lowest BCUT2D eigenvalue weighted by Crippen LogP contribution is -2.47. The molecule has 1 amide bonds. The number of hydrogen-bond acceptors (Lipinski definition) is 6. The maximum Gasteiger partial charge on any atom is 0.272 e. The minimum absolute atomic E-state index is 0.0991. The van der Waals surface area contributed by atoms with Crippen LogP contribution in [0.5, 0.6) is 5.75 Å². The number of likely N-dealkylation sites (tertiary alicyclic amines) is 1. The van der Waals surface area contributed by atoms with Gasteiger partial charge < -0.3 is 19.1 Å². The topological polar surface area (TPSA) is 78.2 Å². The number of carbonyl (C=O) groups is 1. The molecule has 4 heterocycles. The molecule has 2 aliphatic heterocycles. The van der Waals surface area contributed by atoms with E-state index in [1.807, 2.05) is 77.0 Å². The Balaban J connectivity index is 1.45. The largest absolute Gasteiger partial charge is 0.497 e. The maximum absolute atomic E-state index is 13.7. The zero-order valence-electron chi connectivity index (χ0n) is 20.4. The van der Waals surface area contributed by atoms with Gasteiger partial charge in [0.15, 0.2) is 11.4 Å². The molecule has 1 spiro atoms. The fourth-order valence-electron chi connectivity index (χ4n) is 5.14. The SMILES string of the molecule is COc1ccc(-c2cc(C(=O)N3CCC4(CC3)OCCO4)nc3c(-c4ccccc4)c(C)nn23)cc1. The first kappa shape index (κ1) is 22.7. The molecule has 8 heteroatoms. The van der Waals surface area contributed by atoms with Gasteiger partial charge >= 0.3 is 0 Å². The van der Waals surface area contributed by atoms with Crippen molar-refractivity contribution in [2.45, 2.75) is 25.6 Å². The highest BCUT2D eigenvalue weighted by molar-refractivity contribution is 5.95. The van der Waals surface area contributed by atoms with Crippen LogP contribution in [0, 0.1) is 6.92 Å². The molecule has 0 radical (unpaired) electrons. The average Bonchev–Trinajstić information content (AvgIpc) is 3.52. The van der Waals surface area contributed by atoms with Crippen LogP contribution in [0.1, 0.15) is 29.0 Å². The highest BCUT2D eigenvalue weighted by atomic mass is 16.7. The van der Waals surface area contributed by atoms with Crippen molar-refractivity contribution >= 4 is 11.6 Å².